The standard InChI is InChI=1S/C22H18Br2N2O3/c1-28-15-5-3-4-14(11-15)26-21(17-12-16(29-2)7-8-19(17)24)25-20-9-6-13(23)10-18(20)22(26)27/h3-12,21,25H,1-2H3. The first kappa shape index (κ1) is 19.8. The number of carbonyl (C=O) groups excluding carboxylic acids is 1. The van der Waals surface area contributed by atoms with Crippen molar-refractivity contribution in [1.29, 1.82) is 0 Å². The van der Waals surface area contributed by atoms with E-state index in [1.165, 1.54) is 0 Å². The fourth-order valence-electron chi connectivity index (χ4n) is 3.38. The van der Waals surface area contributed by atoms with Gasteiger partial charge in [-0.15, -0.1) is 0 Å². The summed E-state index contributed by atoms with van der Waals surface area (Å²) in [7, 11) is 3.23. The van der Waals surface area contributed by atoms with Gasteiger partial charge in [0.2, 0.25) is 0 Å². The highest BCUT2D eigenvalue weighted by atomic mass is 79.9. The SMILES string of the molecule is COc1cccc(N2C(=O)c3cc(Br)ccc3NC2c2cc(OC)ccc2Br)c1. The summed E-state index contributed by atoms with van der Waals surface area (Å²) in [5.41, 5.74) is 2.98. The minimum Gasteiger partial charge on any atom is -0.497 e. The van der Waals surface area contributed by atoms with Crippen molar-refractivity contribution < 1.29 is 14.3 Å². The Hall–Kier alpha value is -2.51. The van der Waals surface area contributed by atoms with E-state index in [4.69, 9.17) is 9.47 Å². The van der Waals surface area contributed by atoms with Crippen molar-refractivity contribution in [1.82, 2.24) is 0 Å². The number of anilines is 2. The molecule has 0 saturated heterocycles. The monoisotopic (exact) mass is 516 g/mol. The van der Waals surface area contributed by atoms with Crippen molar-refractivity contribution in [2.24, 2.45) is 0 Å². The molecule has 0 aliphatic carbocycles. The van der Waals surface area contributed by atoms with Gasteiger partial charge in [-0.05, 0) is 48.5 Å². The number of halogens is 2. The van der Waals surface area contributed by atoms with Crippen LogP contribution in [0.15, 0.2) is 69.6 Å². The molecule has 3 aromatic carbocycles. The minimum atomic E-state index is -0.437. The molecular weight excluding hydrogens is 500 g/mol. The maximum atomic E-state index is 13.6. The van der Waals surface area contributed by atoms with Gasteiger partial charge in [-0.1, -0.05) is 37.9 Å². The lowest BCUT2D eigenvalue weighted by Gasteiger charge is -2.38. The van der Waals surface area contributed by atoms with Gasteiger partial charge in [-0.3, -0.25) is 9.69 Å². The van der Waals surface area contributed by atoms with Crippen LogP contribution >= 0.6 is 31.9 Å². The van der Waals surface area contributed by atoms with Gasteiger partial charge in [0, 0.05) is 26.3 Å². The topological polar surface area (TPSA) is 50.8 Å². The van der Waals surface area contributed by atoms with Crippen molar-refractivity contribution >= 4 is 49.1 Å². The molecule has 5 nitrogen and oxygen atoms in total. The van der Waals surface area contributed by atoms with Gasteiger partial charge in [-0.25, -0.2) is 0 Å². The second-order valence-corrected chi connectivity index (χ2v) is 8.27. The molecular formula is C22H18Br2N2O3. The molecule has 0 saturated carbocycles. The van der Waals surface area contributed by atoms with Gasteiger partial charge >= 0.3 is 0 Å². The van der Waals surface area contributed by atoms with Crippen LogP contribution in [0.2, 0.25) is 0 Å². The van der Waals surface area contributed by atoms with Gasteiger partial charge in [0.15, 0.2) is 0 Å². The van der Waals surface area contributed by atoms with E-state index >= 15 is 0 Å². The first-order valence-electron chi connectivity index (χ1n) is 8.89. The predicted octanol–water partition coefficient (Wildman–Crippen LogP) is 6.00. The van der Waals surface area contributed by atoms with Crippen LogP contribution in [0.4, 0.5) is 11.4 Å². The van der Waals surface area contributed by atoms with Gasteiger partial charge < -0.3 is 14.8 Å². The number of ether oxygens (including phenoxy) is 2. The van der Waals surface area contributed by atoms with Crippen LogP contribution in [0.5, 0.6) is 11.5 Å². The largest absolute Gasteiger partial charge is 0.497 e. The molecule has 0 radical (unpaired) electrons. The third-order valence-electron chi connectivity index (χ3n) is 4.81. The van der Waals surface area contributed by atoms with Crippen molar-refractivity contribution in [3.8, 4) is 11.5 Å². The van der Waals surface area contributed by atoms with Crippen LogP contribution in [0.3, 0.4) is 0 Å². The van der Waals surface area contributed by atoms with E-state index in [2.05, 4.69) is 37.2 Å². The Morgan fingerprint density at radius 2 is 1.69 bits per heavy atom. The maximum absolute atomic E-state index is 13.6. The molecule has 29 heavy (non-hydrogen) atoms. The summed E-state index contributed by atoms with van der Waals surface area (Å²) in [5, 5.41) is 3.51. The van der Waals surface area contributed by atoms with Crippen molar-refractivity contribution in [3.05, 3.63) is 80.7 Å². The molecule has 1 N–H and O–H groups in total. The number of carbonyl (C=O) groups is 1. The van der Waals surface area contributed by atoms with Crippen molar-refractivity contribution in [2.45, 2.75) is 6.17 Å². The van der Waals surface area contributed by atoms with E-state index in [0.29, 0.717) is 17.1 Å². The van der Waals surface area contributed by atoms with Crippen LogP contribution in [0, 0.1) is 0 Å². The predicted molar refractivity (Wildman–Crippen MR) is 121 cm³/mol. The molecule has 1 aliphatic heterocycles. The Bertz CT molecular complexity index is 1090. The van der Waals surface area contributed by atoms with Gasteiger partial charge in [0.05, 0.1) is 25.5 Å². The first-order chi connectivity index (χ1) is 14.0. The summed E-state index contributed by atoms with van der Waals surface area (Å²) in [5.74, 6) is 1.29. The van der Waals surface area contributed by atoms with Crippen molar-refractivity contribution in [3.63, 3.8) is 0 Å². The number of benzene rings is 3. The molecule has 1 amide bonds. The van der Waals surface area contributed by atoms with Gasteiger partial charge in [-0.2, -0.15) is 0 Å². The summed E-state index contributed by atoms with van der Waals surface area (Å²) < 4.78 is 12.5. The van der Waals surface area contributed by atoms with Crippen molar-refractivity contribution in [2.75, 3.05) is 24.4 Å². The van der Waals surface area contributed by atoms with E-state index in [1.807, 2.05) is 60.7 Å². The van der Waals surface area contributed by atoms with E-state index < -0.39 is 6.17 Å². The molecule has 1 heterocycles. The summed E-state index contributed by atoms with van der Waals surface area (Å²) in [4.78, 5) is 15.3. The third kappa shape index (κ3) is 3.72. The zero-order valence-corrected chi connectivity index (χ0v) is 19.0. The average molecular weight is 518 g/mol. The fourth-order valence-corrected chi connectivity index (χ4v) is 4.20. The Morgan fingerprint density at radius 3 is 2.45 bits per heavy atom. The molecule has 148 valence electrons. The first-order valence-corrected chi connectivity index (χ1v) is 10.5. The molecule has 0 fully saturated rings. The number of rotatable bonds is 4. The molecule has 4 rings (SSSR count). The molecule has 1 unspecified atom stereocenters. The summed E-state index contributed by atoms with van der Waals surface area (Å²) >= 11 is 7.09. The molecule has 3 aromatic rings. The number of hydrogen-bond donors (Lipinski definition) is 1. The average Bonchev–Trinajstić information content (AvgIpc) is 2.74. The summed E-state index contributed by atoms with van der Waals surface area (Å²) in [6.07, 6.45) is -0.437. The highest BCUT2D eigenvalue weighted by Crippen LogP contribution is 2.41. The fraction of sp³-hybridized carbons (Fsp3) is 0.136. The quantitative estimate of drug-likeness (QED) is 0.461. The van der Waals surface area contributed by atoms with Crippen LogP contribution in [-0.2, 0) is 0 Å². The molecule has 1 aliphatic rings. The molecule has 0 aromatic heterocycles. The van der Waals surface area contributed by atoms with Gasteiger partial charge in [0.1, 0.15) is 17.7 Å². The highest BCUT2D eigenvalue weighted by Gasteiger charge is 2.35. The number of hydrogen-bond acceptors (Lipinski definition) is 4. The minimum absolute atomic E-state index is 0.104. The van der Waals surface area contributed by atoms with Gasteiger partial charge in [0.25, 0.3) is 5.91 Å². The lowest BCUT2D eigenvalue weighted by atomic mass is 10.0. The lowest BCUT2D eigenvalue weighted by molar-refractivity contribution is 0.0974. The Morgan fingerprint density at radius 1 is 0.931 bits per heavy atom. The normalized spacial score (nSPS) is 15.5. The number of amides is 1. The lowest BCUT2D eigenvalue weighted by Crippen LogP contribution is -2.43. The van der Waals surface area contributed by atoms with Crippen LogP contribution in [0.25, 0.3) is 0 Å². The Balaban J connectivity index is 1.91. The number of fused-ring (bicyclic) bond motifs is 1. The number of nitrogens with one attached hydrogen (secondary N) is 1. The third-order valence-corrected chi connectivity index (χ3v) is 6.03. The Kier molecular flexibility index (Phi) is 5.52. The van der Waals surface area contributed by atoms with E-state index in [-0.39, 0.29) is 5.91 Å². The van der Waals surface area contributed by atoms with Crippen LogP contribution in [0.1, 0.15) is 22.1 Å². The van der Waals surface area contributed by atoms with E-state index in [1.54, 1.807) is 19.1 Å². The number of nitrogens with zero attached hydrogens (tertiary/aromatic N) is 1. The smallest absolute Gasteiger partial charge is 0.262 e. The molecule has 1 atom stereocenters. The second-order valence-electron chi connectivity index (χ2n) is 6.50. The molecule has 0 spiro atoms. The van der Waals surface area contributed by atoms with E-state index in [0.717, 1.165) is 25.9 Å². The molecule has 7 heteroatoms. The zero-order valence-electron chi connectivity index (χ0n) is 15.8. The van der Waals surface area contributed by atoms with Crippen LogP contribution < -0.4 is 19.7 Å². The number of methoxy groups -OCH3 is 2. The highest BCUT2D eigenvalue weighted by molar-refractivity contribution is 9.10. The molecule has 0 bridgehead atoms. The zero-order chi connectivity index (χ0) is 20.5. The van der Waals surface area contributed by atoms with E-state index in [9.17, 15) is 4.79 Å². The second kappa shape index (κ2) is 8.08. The summed E-state index contributed by atoms with van der Waals surface area (Å²) in [6, 6.07) is 18.8. The Labute approximate surface area is 185 Å². The maximum Gasteiger partial charge on any atom is 0.262 e. The van der Waals surface area contributed by atoms with Crippen LogP contribution in [-0.4, -0.2) is 20.1 Å². The summed E-state index contributed by atoms with van der Waals surface area (Å²) in [6.45, 7) is 0.